The molecule has 8 nitrogen and oxygen atoms in total. The highest BCUT2D eigenvalue weighted by atomic mass is 32.3. The third-order valence-corrected chi connectivity index (χ3v) is 2.08. The molecule has 0 saturated heterocycles. The molecule has 0 aromatic rings. The Bertz CT molecular complexity index is 343. The largest absolute Gasteiger partial charge is 0.397 e. The fourth-order valence-electron chi connectivity index (χ4n) is 0.516. The van der Waals surface area contributed by atoms with Gasteiger partial charge in [0.2, 0.25) is 0 Å². The van der Waals surface area contributed by atoms with Gasteiger partial charge in [-0.3, -0.25) is 13.3 Å². The third-order valence-electron chi connectivity index (χ3n) is 1.19. The monoisotopic (exact) mass is 280 g/mol. The van der Waals surface area contributed by atoms with Crippen LogP contribution < -0.4 is 0 Å². The second-order valence-corrected chi connectivity index (χ2v) is 4.83. The van der Waals surface area contributed by atoms with E-state index in [2.05, 4.69) is 8.37 Å². The Morgan fingerprint density at radius 3 is 1.69 bits per heavy atom. The summed E-state index contributed by atoms with van der Waals surface area (Å²) in [5.41, 5.74) is 0. The lowest BCUT2D eigenvalue weighted by molar-refractivity contribution is 0.262. The summed E-state index contributed by atoms with van der Waals surface area (Å²) in [6.07, 6.45) is 2.57. The molecule has 0 saturated carbocycles. The van der Waals surface area contributed by atoms with Gasteiger partial charge in [-0.1, -0.05) is 19.8 Å². The molecule has 0 atom stereocenters. The van der Waals surface area contributed by atoms with Crippen LogP contribution >= 0.6 is 0 Å². The molecule has 0 unspecified atom stereocenters. The molecule has 0 aliphatic heterocycles. The van der Waals surface area contributed by atoms with Crippen molar-refractivity contribution in [3.8, 4) is 0 Å². The van der Waals surface area contributed by atoms with E-state index >= 15 is 0 Å². The first-order valence-corrected chi connectivity index (χ1v) is 7.00. The predicted molar refractivity (Wildman–Crippen MR) is 55.6 cm³/mol. The number of hydrogen-bond acceptors (Lipinski definition) is 6. The van der Waals surface area contributed by atoms with E-state index in [1.807, 2.05) is 6.92 Å². The summed E-state index contributed by atoms with van der Waals surface area (Å²) in [4.78, 5) is 0. The van der Waals surface area contributed by atoms with Crippen LogP contribution in [0.25, 0.3) is 0 Å². The zero-order valence-electron chi connectivity index (χ0n) is 8.99. The molecule has 0 bridgehead atoms. The number of rotatable bonds is 6. The summed E-state index contributed by atoms with van der Waals surface area (Å²) < 4.78 is 61.7. The Morgan fingerprint density at radius 1 is 1.00 bits per heavy atom. The smallest absolute Gasteiger partial charge is 0.264 e. The van der Waals surface area contributed by atoms with Crippen molar-refractivity contribution in [3.05, 3.63) is 0 Å². The highest BCUT2D eigenvalue weighted by molar-refractivity contribution is 7.81. The summed E-state index contributed by atoms with van der Waals surface area (Å²) in [5.74, 6) is 0. The van der Waals surface area contributed by atoms with Crippen LogP contribution in [-0.2, 0) is 29.2 Å². The standard InChI is InChI=1S/C5H12O4S.CH4O4S/c1-2-3-4-5-9-10(6,7)8;1-5-6(2,3)4/h2-5H2,1H3,(H,6,7,8);1H3,(H,2,3,4). The normalized spacial score (nSPS) is 11.8. The molecule has 16 heavy (non-hydrogen) atoms. The summed E-state index contributed by atoms with van der Waals surface area (Å²) in [7, 11) is -7.50. The molecule has 100 valence electrons. The summed E-state index contributed by atoms with van der Waals surface area (Å²) >= 11 is 0. The minimum absolute atomic E-state index is 0.0761. The molecule has 0 heterocycles. The first-order valence-electron chi connectivity index (χ1n) is 4.27. The van der Waals surface area contributed by atoms with Gasteiger partial charge < -0.3 is 0 Å². The minimum Gasteiger partial charge on any atom is -0.264 e. The third kappa shape index (κ3) is 23.5. The van der Waals surface area contributed by atoms with Crippen molar-refractivity contribution < 1.29 is 34.3 Å². The van der Waals surface area contributed by atoms with E-state index in [0.717, 1.165) is 20.0 Å². The van der Waals surface area contributed by atoms with Gasteiger partial charge in [-0.2, -0.15) is 16.8 Å². The van der Waals surface area contributed by atoms with Gasteiger partial charge in [-0.25, -0.2) is 4.18 Å². The maximum Gasteiger partial charge on any atom is 0.397 e. The SMILES string of the molecule is CCCCCOS(=O)(=O)O.COS(=O)(=O)O. The topological polar surface area (TPSA) is 127 Å². The lowest BCUT2D eigenvalue weighted by Crippen LogP contribution is -2.04. The van der Waals surface area contributed by atoms with Crippen LogP contribution in [0.4, 0.5) is 0 Å². The van der Waals surface area contributed by atoms with Crippen molar-refractivity contribution in [1.29, 1.82) is 0 Å². The summed E-state index contributed by atoms with van der Waals surface area (Å²) in [6, 6.07) is 0. The van der Waals surface area contributed by atoms with Crippen molar-refractivity contribution in [3.63, 3.8) is 0 Å². The van der Waals surface area contributed by atoms with Gasteiger partial charge in [0.15, 0.2) is 0 Å². The summed E-state index contributed by atoms with van der Waals surface area (Å²) in [5, 5.41) is 0. The fourth-order valence-corrected chi connectivity index (χ4v) is 0.845. The van der Waals surface area contributed by atoms with Gasteiger partial charge in [0.1, 0.15) is 0 Å². The molecule has 0 fully saturated rings. The van der Waals surface area contributed by atoms with Crippen LogP contribution in [0.2, 0.25) is 0 Å². The van der Waals surface area contributed by atoms with Crippen molar-refractivity contribution in [1.82, 2.24) is 0 Å². The van der Waals surface area contributed by atoms with E-state index in [1.54, 1.807) is 0 Å². The number of unbranched alkanes of at least 4 members (excludes halogenated alkanes) is 2. The lowest BCUT2D eigenvalue weighted by Gasteiger charge is -1.96. The second-order valence-electron chi connectivity index (χ2n) is 2.55. The Kier molecular flexibility index (Phi) is 10.0. The summed E-state index contributed by atoms with van der Waals surface area (Å²) in [6.45, 7) is 2.07. The molecule has 0 rings (SSSR count). The van der Waals surface area contributed by atoms with Crippen LogP contribution in [-0.4, -0.2) is 39.7 Å². The van der Waals surface area contributed by atoms with E-state index in [0.29, 0.717) is 6.42 Å². The number of hydrogen-bond donors (Lipinski definition) is 2. The molecule has 2 N–H and O–H groups in total. The average molecular weight is 280 g/mol. The zero-order chi connectivity index (χ0) is 13.2. The Labute approximate surface area is 95.5 Å². The van der Waals surface area contributed by atoms with Crippen LogP contribution in [0, 0.1) is 0 Å². The predicted octanol–water partition coefficient (Wildman–Crippen LogP) is 0.432. The molecular weight excluding hydrogens is 264 g/mol. The van der Waals surface area contributed by atoms with Crippen molar-refractivity contribution in [2.24, 2.45) is 0 Å². The molecule has 0 aliphatic carbocycles. The quantitative estimate of drug-likeness (QED) is 0.529. The molecule has 10 heteroatoms. The highest BCUT2D eigenvalue weighted by Crippen LogP contribution is 1.96. The first-order chi connectivity index (χ1) is 7.12. The molecule has 0 spiro atoms. The van der Waals surface area contributed by atoms with E-state index in [4.69, 9.17) is 9.11 Å². The highest BCUT2D eigenvalue weighted by Gasteiger charge is 2.01. The van der Waals surface area contributed by atoms with Gasteiger partial charge in [-0.15, -0.1) is 0 Å². The van der Waals surface area contributed by atoms with E-state index in [9.17, 15) is 16.8 Å². The van der Waals surface area contributed by atoms with Crippen molar-refractivity contribution in [2.75, 3.05) is 13.7 Å². The molecule has 0 aromatic carbocycles. The van der Waals surface area contributed by atoms with Crippen molar-refractivity contribution >= 4 is 20.8 Å². The molecular formula is C6H16O8S2. The molecule has 0 amide bonds. The van der Waals surface area contributed by atoms with Gasteiger partial charge in [0.25, 0.3) is 0 Å². The lowest BCUT2D eigenvalue weighted by atomic mass is 10.3. The van der Waals surface area contributed by atoms with Gasteiger partial charge in [0.05, 0.1) is 13.7 Å². The Morgan fingerprint density at radius 2 is 1.44 bits per heavy atom. The second kappa shape index (κ2) is 8.84. The van der Waals surface area contributed by atoms with Gasteiger partial charge >= 0.3 is 20.8 Å². The minimum atomic E-state index is -4.20. The fraction of sp³-hybridized carbons (Fsp3) is 1.00. The van der Waals surface area contributed by atoms with E-state index in [-0.39, 0.29) is 6.61 Å². The van der Waals surface area contributed by atoms with Crippen LogP contribution in [0.1, 0.15) is 26.2 Å². The molecule has 0 radical (unpaired) electrons. The maximum absolute atomic E-state index is 9.93. The average Bonchev–Trinajstić information content (AvgIpc) is 2.11. The van der Waals surface area contributed by atoms with Crippen LogP contribution in [0.15, 0.2) is 0 Å². The zero-order valence-corrected chi connectivity index (χ0v) is 10.6. The van der Waals surface area contributed by atoms with E-state index < -0.39 is 20.8 Å². The molecule has 0 aliphatic rings. The Balaban J connectivity index is 0. The maximum atomic E-state index is 9.93. The van der Waals surface area contributed by atoms with Gasteiger partial charge in [-0.05, 0) is 6.42 Å². The molecule has 0 aromatic heterocycles. The van der Waals surface area contributed by atoms with Gasteiger partial charge in [0, 0.05) is 0 Å². The van der Waals surface area contributed by atoms with E-state index in [1.165, 1.54) is 0 Å². The first kappa shape index (κ1) is 18.1. The van der Waals surface area contributed by atoms with Crippen LogP contribution in [0.3, 0.4) is 0 Å². The van der Waals surface area contributed by atoms with Crippen molar-refractivity contribution in [2.45, 2.75) is 26.2 Å². The van der Waals surface area contributed by atoms with Crippen LogP contribution in [0.5, 0.6) is 0 Å². The Hall–Kier alpha value is -0.260.